The summed E-state index contributed by atoms with van der Waals surface area (Å²) in [6, 6.07) is 0.249. The summed E-state index contributed by atoms with van der Waals surface area (Å²) in [5.41, 5.74) is -1.33. The van der Waals surface area contributed by atoms with Gasteiger partial charge in [-0.2, -0.15) is 0 Å². The van der Waals surface area contributed by atoms with Gasteiger partial charge in [-0.25, -0.2) is 9.88 Å². The molecule has 1 saturated carbocycles. The first kappa shape index (κ1) is 28.4. The topological polar surface area (TPSA) is 149 Å². The smallest absolute Gasteiger partial charge is 0.330 e. The maximum Gasteiger partial charge on any atom is 0.330 e. The number of aromatic amines is 1. The lowest BCUT2D eigenvalue weighted by Gasteiger charge is -2.27. The van der Waals surface area contributed by atoms with E-state index < -0.39 is 53.3 Å². The lowest BCUT2D eigenvalue weighted by molar-refractivity contribution is -0.149. The van der Waals surface area contributed by atoms with Gasteiger partial charge in [0, 0.05) is 17.5 Å². The number of aliphatic hydroxyl groups is 1. The van der Waals surface area contributed by atoms with Crippen LogP contribution in [0.15, 0.2) is 21.9 Å². The molecule has 11 nitrogen and oxygen atoms in total. The lowest BCUT2D eigenvalue weighted by atomic mass is 10.0. The van der Waals surface area contributed by atoms with Crippen molar-refractivity contribution in [3.05, 3.63) is 33.1 Å². The van der Waals surface area contributed by atoms with Crippen molar-refractivity contribution < 1.29 is 28.5 Å². The van der Waals surface area contributed by atoms with Crippen molar-refractivity contribution in [1.82, 2.24) is 14.6 Å². The van der Waals surface area contributed by atoms with E-state index in [4.69, 9.17) is 25.6 Å². The number of hydrogen-bond donors (Lipinski definition) is 3. The van der Waals surface area contributed by atoms with Crippen molar-refractivity contribution >= 4 is 35.7 Å². The zero-order chi connectivity index (χ0) is 26.0. The van der Waals surface area contributed by atoms with Crippen LogP contribution in [0.1, 0.15) is 59.6 Å². The Morgan fingerprint density at radius 2 is 2.06 bits per heavy atom. The van der Waals surface area contributed by atoms with E-state index in [1.54, 1.807) is 20.8 Å². The molecule has 6 atom stereocenters. The second-order valence-electron chi connectivity index (χ2n) is 9.28. The Morgan fingerprint density at radius 1 is 1.40 bits per heavy atom. The third-order valence-electron chi connectivity index (χ3n) is 5.88. The van der Waals surface area contributed by atoms with E-state index in [1.807, 2.05) is 0 Å². The molecule has 0 amide bonds. The summed E-state index contributed by atoms with van der Waals surface area (Å²) in [5, 5.41) is 13.7. The van der Waals surface area contributed by atoms with Gasteiger partial charge in [-0.3, -0.25) is 23.7 Å². The van der Waals surface area contributed by atoms with Gasteiger partial charge in [-0.15, -0.1) is 11.6 Å². The Labute approximate surface area is 212 Å². The summed E-state index contributed by atoms with van der Waals surface area (Å²) in [6.07, 6.45) is 1.26. The van der Waals surface area contributed by atoms with Crippen molar-refractivity contribution in [3.63, 3.8) is 0 Å². The van der Waals surface area contributed by atoms with E-state index in [0.29, 0.717) is 0 Å². The van der Waals surface area contributed by atoms with E-state index in [1.165, 1.54) is 13.1 Å². The highest BCUT2D eigenvalue weighted by Crippen LogP contribution is 2.61. The number of aromatic nitrogens is 2. The molecular weight excluding hydrogens is 521 g/mol. The summed E-state index contributed by atoms with van der Waals surface area (Å²) < 4.78 is 31.7. The molecule has 0 spiro atoms. The molecule has 14 heteroatoms. The first-order chi connectivity index (χ1) is 16.3. The van der Waals surface area contributed by atoms with Crippen LogP contribution in [0, 0.1) is 0 Å². The largest absolute Gasteiger partial charge is 0.462 e. The summed E-state index contributed by atoms with van der Waals surface area (Å²) in [6.45, 7) is 2.54. The van der Waals surface area contributed by atoms with Crippen molar-refractivity contribution in [2.24, 2.45) is 0 Å². The van der Waals surface area contributed by atoms with Gasteiger partial charge in [0.05, 0.1) is 12.7 Å². The minimum Gasteiger partial charge on any atom is -0.462 e. The molecule has 3 N–H and O–H groups in total. The minimum absolute atomic E-state index is 0.0989. The molecular formula is C21H33ClN3O8PS. The molecule has 2 unspecified atom stereocenters. The number of ether oxygens (including phenoxy) is 2. The summed E-state index contributed by atoms with van der Waals surface area (Å²) in [5.74, 6) is -0.557. The molecule has 1 aromatic heterocycles. The lowest BCUT2D eigenvalue weighted by Crippen LogP contribution is -2.43. The first-order valence-corrected chi connectivity index (χ1v) is 15.1. The van der Waals surface area contributed by atoms with Crippen LogP contribution in [0.25, 0.3) is 0 Å². The predicted molar refractivity (Wildman–Crippen MR) is 133 cm³/mol. The molecule has 3 rings (SSSR count). The summed E-state index contributed by atoms with van der Waals surface area (Å²) in [7, 11) is 0. The number of nitrogens with zero attached hydrogens (tertiary/aromatic N) is 1. The van der Waals surface area contributed by atoms with Crippen LogP contribution in [0.2, 0.25) is 0 Å². The molecule has 35 heavy (non-hydrogen) atoms. The van der Waals surface area contributed by atoms with E-state index >= 15 is 0 Å². The number of carbonyl (C=O) groups is 1. The molecule has 1 aliphatic carbocycles. The normalized spacial score (nSPS) is 29.9. The number of nitrogens with one attached hydrogen (secondary N) is 2. The van der Waals surface area contributed by atoms with Crippen molar-refractivity contribution in [3.8, 4) is 0 Å². The maximum absolute atomic E-state index is 13.8. The van der Waals surface area contributed by atoms with Gasteiger partial charge in [-0.1, -0.05) is 24.2 Å². The van der Waals surface area contributed by atoms with Gasteiger partial charge in [0.2, 0.25) is 0 Å². The van der Waals surface area contributed by atoms with Crippen molar-refractivity contribution in [1.29, 1.82) is 0 Å². The third-order valence-corrected chi connectivity index (χ3v) is 10.9. The highest BCUT2D eigenvalue weighted by atomic mass is 35.5. The molecule has 1 aromatic rings. The molecule has 198 valence electrons. The zero-order valence-electron chi connectivity index (χ0n) is 20.1. The number of carbonyl (C=O) groups excluding carboxylic acids is 1. The molecule has 2 aliphatic rings. The number of hydrogen-bond acceptors (Lipinski definition) is 9. The third kappa shape index (κ3) is 7.00. The number of H-pyrrole nitrogens is 1. The van der Waals surface area contributed by atoms with Crippen LogP contribution in [0.3, 0.4) is 0 Å². The Balaban J connectivity index is 1.75. The van der Waals surface area contributed by atoms with Crippen LogP contribution >= 0.6 is 29.7 Å². The van der Waals surface area contributed by atoms with Crippen LogP contribution in [-0.4, -0.2) is 61.7 Å². The SMILES string of the molecule is CC(C)OC(=O)C(C)NP(=O)(OC[C@H]1O[C@@H](n2ccc(=O)[nH]c2=O)[C@](C)(Cl)[C@@H]1O)SC1CCCC1. The van der Waals surface area contributed by atoms with Crippen LogP contribution < -0.4 is 16.3 Å². The van der Waals surface area contributed by atoms with E-state index in [2.05, 4.69) is 10.1 Å². The summed E-state index contributed by atoms with van der Waals surface area (Å²) >= 11 is 7.71. The van der Waals surface area contributed by atoms with Gasteiger partial charge in [-0.05, 0) is 40.5 Å². The predicted octanol–water partition coefficient (Wildman–Crippen LogP) is 2.52. The molecule has 1 aliphatic heterocycles. The fourth-order valence-electron chi connectivity index (χ4n) is 4.05. The maximum atomic E-state index is 13.8. The molecule has 0 radical (unpaired) electrons. The first-order valence-electron chi connectivity index (χ1n) is 11.6. The summed E-state index contributed by atoms with van der Waals surface area (Å²) in [4.78, 5) is 36.7. The Kier molecular flexibility index (Phi) is 9.34. The molecule has 0 aromatic carbocycles. The van der Waals surface area contributed by atoms with Crippen LogP contribution in [0.4, 0.5) is 0 Å². The fraction of sp³-hybridized carbons (Fsp3) is 0.762. The van der Waals surface area contributed by atoms with E-state index in [0.717, 1.165) is 47.7 Å². The number of esters is 1. The van der Waals surface area contributed by atoms with Crippen molar-refractivity contribution in [2.75, 3.05) is 6.61 Å². The fourth-order valence-corrected chi connectivity index (χ4v) is 9.23. The second kappa shape index (κ2) is 11.5. The standard InChI is InChI=1S/C21H33ClN3O8PS/c1-12(2)32-18(28)13(3)24-34(30,35-14-7-5-6-8-14)31-11-15-17(27)21(4,22)19(33-15)25-10-9-16(26)23-20(25)29/h9-10,12-15,17,19,27H,5-8,11H2,1-4H3,(H,24,30)(H,23,26,29)/t13?,15-,17-,19-,21-,34?/m1/s1. The highest BCUT2D eigenvalue weighted by molar-refractivity contribution is 8.56. The zero-order valence-corrected chi connectivity index (χ0v) is 22.6. The Bertz CT molecular complexity index is 1060. The number of aliphatic hydroxyl groups excluding tert-OH is 1. The molecule has 2 fully saturated rings. The number of alkyl halides is 1. The Morgan fingerprint density at radius 3 is 2.66 bits per heavy atom. The van der Waals surface area contributed by atoms with E-state index in [-0.39, 0.29) is 18.0 Å². The molecule has 1 saturated heterocycles. The van der Waals surface area contributed by atoms with Gasteiger partial charge < -0.3 is 19.1 Å². The van der Waals surface area contributed by atoms with Crippen LogP contribution in [-0.2, 0) is 23.4 Å². The van der Waals surface area contributed by atoms with Gasteiger partial charge in [0.15, 0.2) is 6.23 Å². The van der Waals surface area contributed by atoms with Gasteiger partial charge in [0.25, 0.3) is 5.56 Å². The quantitative estimate of drug-likeness (QED) is 0.224. The monoisotopic (exact) mass is 553 g/mol. The number of rotatable bonds is 10. The van der Waals surface area contributed by atoms with Gasteiger partial charge >= 0.3 is 18.4 Å². The second-order valence-corrected chi connectivity index (χ2v) is 14.6. The van der Waals surface area contributed by atoms with Crippen molar-refractivity contribution in [2.45, 2.75) is 94.1 Å². The molecule has 0 bridgehead atoms. The Hall–Kier alpha value is -1.14. The van der Waals surface area contributed by atoms with Crippen LogP contribution in [0.5, 0.6) is 0 Å². The average molecular weight is 554 g/mol. The van der Waals surface area contributed by atoms with E-state index in [9.17, 15) is 24.1 Å². The molecule has 2 heterocycles. The highest BCUT2D eigenvalue weighted by Gasteiger charge is 2.54. The minimum atomic E-state index is -3.63. The van der Waals surface area contributed by atoms with Gasteiger partial charge in [0.1, 0.15) is 23.1 Å². The average Bonchev–Trinajstić information content (AvgIpc) is 3.33. The number of halogens is 1.